The molecule has 2 aromatic carbocycles. The second-order valence-electron chi connectivity index (χ2n) is 4.10. The lowest BCUT2D eigenvalue weighted by Gasteiger charge is -2.08. The predicted molar refractivity (Wildman–Crippen MR) is 76.3 cm³/mol. The van der Waals surface area contributed by atoms with E-state index in [-0.39, 0.29) is 5.91 Å². The van der Waals surface area contributed by atoms with Gasteiger partial charge in [0.1, 0.15) is 10.3 Å². The van der Waals surface area contributed by atoms with E-state index in [1.807, 2.05) is 54.6 Å². The van der Waals surface area contributed by atoms with Crippen molar-refractivity contribution in [1.82, 2.24) is 15.0 Å². The fourth-order valence-corrected chi connectivity index (χ4v) is 2.40. The molecule has 0 amide bonds. The van der Waals surface area contributed by atoms with Crippen LogP contribution < -0.4 is 0 Å². The van der Waals surface area contributed by atoms with Crippen LogP contribution in [0, 0.1) is 0 Å². The standard InChI is InChI=1S/C14H10BrN3O/c15-13(10-6-2-1-3-7-10)14(19)18-12-9-5-4-8-11(12)16-17-18/h1-9,13H. The zero-order valence-electron chi connectivity index (χ0n) is 9.90. The molecule has 0 N–H and O–H groups in total. The number of benzene rings is 2. The van der Waals surface area contributed by atoms with Crippen molar-refractivity contribution in [2.45, 2.75) is 4.83 Å². The molecule has 1 unspecified atom stereocenters. The maximum Gasteiger partial charge on any atom is 0.267 e. The highest BCUT2D eigenvalue weighted by Gasteiger charge is 2.21. The van der Waals surface area contributed by atoms with Crippen LogP contribution in [0.25, 0.3) is 11.0 Å². The molecule has 94 valence electrons. The molecule has 1 heterocycles. The van der Waals surface area contributed by atoms with E-state index >= 15 is 0 Å². The van der Waals surface area contributed by atoms with Gasteiger partial charge in [-0.2, -0.15) is 4.68 Å². The number of aromatic nitrogens is 3. The number of nitrogens with zero attached hydrogens (tertiary/aromatic N) is 3. The van der Waals surface area contributed by atoms with Gasteiger partial charge in [-0.15, -0.1) is 5.10 Å². The van der Waals surface area contributed by atoms with Gasteiger partial charge in [0.25, 0.3) is 5.91 Å². The number of hydrogen-bond acceptors (Lipinski definition) is 3. The van der Waals surface area contributed by atoms with Crippen LogP contribution in [0.4, 0.5) is 0 Å². The molecule has 3 aromatic rings. The Morgan fingerprint density at radius 3 is 2.53 bits per heavy atom. The topological polar surface area (TPSA) is 47.8 Å². The summed E-state index contributed by atoms with van der Waals surface area (Å²) in [6.07, 6.45) is 0. The molecule has 4 nitrogen and oxygen atoms in total. The van der Waals surface area contributed by atoms with Crippen molar-refractivity contribution < 1.29 is 4.79 Å². The first-order chi connectivity index (χ1) is 9.27. The molecule has 19 heavy (non-hydrogen) atoms. The summed E-state index contributed by atoms with van der Waals surface area (Å²) in [6.45, 7) is 0. The van der Waals surface area contributed by atoms with Gasteiger partial charge in [0.05, 0.1) is 5.52 Å². The molecule has 0 saturated heterocycles. The third-order valence-corrected chi connectivity index (χ3v) is 3.79. The highest BCUT2D eigenvalue weighted by Crippen LogP contribution is 2.25. The molecule has 0 aliphatic heterocycles. The molecular weight excluding hydrogens is 306 g/mol. The summed E-state index contributed by atoms with van der Waals surface area (Å²) in [5, 5.41) is 7.92. The van der Waals surface area contributed by atoms with E-state index in [0.717, 1.165) is 5.56 Å². The summed E-state index contributed by atoms with van der Waals surface area (Å²) in [5.41, 5.74) is 2.32. The van der Waals surface area contributed by atoms with Crippen LogP contribution in [-0.4, -0.2) is 20.9 Å². The zero-order chi connectivity index (χ0) is 13.2. The van der Waals surface area contributed by atoms with Crippen LogP contribution in [0.15, 0.2) is 54.6 Å². The second-order valence-corrected chi connectivity index (χ2v) is 5.02. The quantitative estimate of drug-likeness (QED) is 0.682. The Morgan fingerprint density at radius 1 is 1.05 bits per heavy atom. The lowest BCUT2D eigenvalue weighted by molar-refractivity contribution is 0.0900. The number of carbonyl (C=O) groups excluding carboxylic acids is 1. The third kappa shape index (κ3) is 2.17. The summed E-state index contributed by atoms with van der Waals surface area (Å²) in [6, 6.07) is 16.9. The minimum Gasteiger partial charge on any atom is -0.271 e. The van der Waals surface area contributed by atoms with Crippen LogP contribution in [0.3, 0.4) is 0 Å². The monoisotopic (exact) mass is 315 g/mol. The molecule has 0 spiro atoms. The van der Waals surface area contributed by atoms with Crippen LogP contribution >= 0.6 is 15.9 Å². The van der Waals surface area contributed by atoms with Gasteiger partial charge in [-0.25, -0.2) is 0 Å². The van der Waals surface area contributed by atoms with Crippen molar-refractivity contribution >= 4 is 32.9 Å². The first-order valence-electron chi connectivity index (χ1n) is 5.81. The van der Waals surface area contributed by atoms with Gasteiger partial charge in [-0.05, 0) is 17.7 Å². The Kier molecular flexibility index (Phi) is 3.13. The van der Waals surface area contributed by atoms with Crippen molar-refractivity contribution in [1.29, 1.82) is 0 Å². The minimum atomic E-state index is -0.432. The number of hydrogen-bond donors (Lipinski definition) is 0. The predicted octanol–water partition coefficient (Wildman–Crippen LogP) is 3.21. The van der Waals surface area contributed by atoms with Crippen LogP contribution in [-0.2, 0) is 0 Å². The second kappa shape index (κ2) is 4.93. The molecular formula is C14H10BrN3O. The Labute approximate surface area is 118 Å². The normalized spacial score (nSPS) is 12.5. The zero-order valence-corrected chi connectivity index (χ0v) is 11.5. The Morgan fingerprint density at radius 2 is 1.74 bits per heavy atom. The molecule has 1 aromatic heterocycles. The average molecular weight is 316 g/mol. The fraction of sp³-hybridized carbons (Fsp3) is 0.0714. The molecule has 3 rings (SSSR count). The third-order valence-electron chi connectivity index (χ3n) is 2.87. The molecule has 0 aliphatic carbocycles. The van der Waals surface area contributed by atoms with Crippen LogP contribution in [0.1, 0.15) is 15.2 Å². The lowest BCUT2D eigenvalue weighted by atomic mass is 10.1. The van der Waals surface area contributed by atoms with Gasteiger partial charge in [0, 0.05) is 0 Å². The Hall–Kier alpha value is -2.01. The van der Waals surface area contributed by atoms with Crippen LogP contribution in [0.5, 0.6) is 0 Å². The summed E-state index contributed by atoms with van der Waals surface area (Å²) >= 11 is 3.42. The molecule has 5 heteroatoms. The summed E-state index contributed by atoms with van der Waals surface area (Å²) in [4.78, 5) is 12.0. The van der Waals surface area contributed by atoms with Crippen LogP contribution in [0.2, 0.25) is 0 Å². The molecule has 0 bridgehead atoms. The number of carbonyl (C=O) groups is 1. The summed E-state index contributed by atoms with van der Waals surface area (Å²) in [7, 11) is 0. The summed E-state index contributed by atoms with van der Waals surface area (Å²) < 4.78 is 1.34. The van der Waals surface area contributed by atoms with E-state index < -0.39 is 4.83 Å². The molecule has 0 radical (unpaired) electrons. The maximum absolute atomic E-state index is 12.4. The first-order valence-corrected chi connectivity index (χ1v) is 6.72. The highest BCUT2D eigenvalue weighted by molar-refractivity contribution is 9.09. The Balaban J connectivity index is 2.00. The minimum absolute atomic E-state index is 0.153. The SMILES string of the molecule is O=C(C(Br)c1ccccc1)n1nnc2ccccc21. The van der Waals surface area contributed by atoms with Crippen molar-refractivity contribution in [3.8, 4) is 0 Å². The fourth-order valence-electron chi connectivity index (χ4n) is 1.90. The first kappa shape index (κ1) is 12.0. The van der Waals surface area contributed by atoms with Gasteiger partial charge in [0.15, 0.2) is 0 Å². The van der Waals surface area contributed by atoms with E-state index in [9.17, 15) is 4.79 Å². The molecule has 1 atom stereocenters. The smallest absolute Gasteiger partial charge is 0.267 e. The number of alkyl halides is 1. The maximum atomic E-state index is 12.4. The summed E-state index contributed by atoms with van der Waals surface area (Å²) in [5.74, 6) is -0.153. The van der Waals surface area contributed by atoms with Gasteiger partial charge < -0.3 is 0 Å². The lowest BCUT2D eigenvalue weighted by Crippen LogP contribution is -2.17. The number of rotatable bonds is 2. The molecule has 0 saturated carbocycles. The van der Waals surface area contributed by atoms with E-state index in [1.54, 1.807) is 0 Å². The highest BCUT2D eigenvalue weighted by atomic mass is 79.9. The van der Waals surface area contributed by atoms with Gasteiger partial charge >= 0.3 is 0 Å². The van der Waals surface area contributed by atoms with Gasteiger partial charge in [-0.3, -0.25) is 4.79 Å². The van der Waals surface area contributed by atoms with E-state index in [1.165, 1.54) is 4.68 Å². The molecule has 0 fully saturated rings. The van der Waals surface area contributed by atoms with E-state index in [2.05, 4.69) is 26.2 Å². The van der Waals surface area contributed by atoms with E-state index in [4.69, 9.17) is 0 Å². The number of fused-ring (bicyclic) bond motifs is 1. The van der Waals surface area contributed by atoms with Crippen molar-refractivity contribution in [3.05, 3.63) is 60.2 Å². The number of halogens is 1. The van der Waals surface area contributed by atoms with Crippen molar-refractivity contribution in [3.63, 3.8) is 0 Å². The Bertz CT molecular complexity index is 724. The van der Waals surface area contributed by atoms with Crippen molar-refractivity contribution in [2.24, 2.45) is 0 Å². The number of para-hydroxylation sites is 1. The average Bonchev–Trinajstić information content (AvgIpc) is 2.90. The van der Waals surface area contributed by atoms with Gasteiger partial charge in [-0.1, -0.05) is 63.6 Å². The largest absolute Gasteiger partial charge is 0.271 e. The van der Waals surface area contributed by atoms with Gasteiger partial charge in [0.2, 0.25) is 0 Å². The van der Waals surface area contributed by atoms with E-state index in [0.29, 0.717) is 11.0 Å². The van der Waals surface area contributed by atoms with Crippen molar-refractivity contribution in [2.75, 3.05) is 0 Å². The molecule has 0 aliphatic rings.